The first kappa shape index (κ1) is 14.2. The van der Waals surface area contributed by atoms with Crippen LogP contribution in [0.1, 0.15) is 29.3 Å². The van der Waals surface area contributed by atoms with Crippen LogP contribution in [0.3, 0.4) is 0 Å². The molecule has 0 amide bonds. The third kappa shape index (κ3) is 2.78. The lowest BCUT2D eigenvalue weighted by Gasteiger charge is -2.32. The fraction of sp³-hybridized carbons (Fsp3) is 0.278. The maximum absolute atomic E-state index is 8.89. The van der Waals surface area contributed by atoms with Gasteiger partial charge in [-0.05, 0) is 37.1 Å². The number of para-hydroxylation sites is 1. The summed E-state index contributed by atoms with van der Waals surface area (Å²) in [4.78, 5) is 11.6. The van der Waals surface area contributed by atoms with Crippen molar-refractivity contribution < 1.29 is 0 Å². The zero-order valence-corrected chi connectivity index (χ0v) is 13.5. The third-order valence-electron chi connectivity index (χ3n) is 4.28. The van der Waals surface area contributed by atoms with Gasteiger partial charge in [0, 0.05) is 25.2 Å². The predicted octanol–water partition coefficient (Wildman–Crippen LogP) is 3.95. The van der Waals surface area contributed by atoms with E-state index in [2.05, 4.69) is 34.2 Å². The molecule has 1 aliphatic heterocycles. The van der Waals surface area contributed by atoms with Crippen molar-refractivity contribution in [3.05, 3.63) is 53.2 Å². The quantitative estimate of drug-likeness (QED) is 0.717. The summed E-state index contributed by atoms with van der Waals surface area (Å²) >= 11 is 1.81. The zero-order valence-electron chi connectivity index (χ0n) is 12.6. The van der Waals surface area contributed by atoms with Crippen LogP contribution in [0.5, 0.6) is 0 Å². The monoisotopic (exact) mass is 320 g/mol. The van der Waals surface area contributed by atoms with E-state index in [1.807, 2.05) is 18.2 Å². The number of fused-ring (bicyclic) bond motifs is 1. The molecule has 0 radical (unpaired) electrons. The SMILES string of the molecule is N#Cc1ccc(N2CCC[C@H](c3nc4ccccc4s3)C2)nc1. The minimum atomic E-state index is 0.457. The minimum Gasteiger partial charge on any atom is -0.356 e. The first-order chi connectivity index (χ1) is 11.3. The second-order valence-electron chi connectivity index (χ2n) is 5.82. The van der Waals surface area contributed by atoms with Crippen molar-refractivity contribution in [3.63, 3.8) is 0 Å². The molecule has 0 N–H and O–H groups in total. The molecule has 3 heterocycles. The van der Waals surface area contributed by atoms with Gasteiger partial charge < -0.3 is 4.90 Å². The lowest BCUT2D eigenvalue weighted by molar-refractivity contribution is 0.506. The summed E-state index contributed by atoms with van der Waals surface area (Å²) in [5.41, 5.74) is 1.70. The summed E-state index contributed by atoms with van der Waals surface area (Å²) in [6, 6.07) is 14.2. The second kappa shape index (κ2) is 5.98. The number of nitrogens with zero attached hydrogens (tertiary/aromatic N) is 4. The Balaban J connectivity index is 1.57. The Labute approximate surface area is 139 Å². The number of aromatic nitrogens is 2. The van der Waals surface area contributed by atoms with Crippen LogP contribution in [0.4, 0.5) is 5.82 Å². The van der Waals surface area contributed by atoms with Gasteiger partial charge in [0.1, 0.15) is 11.9 Å². The van der Waals surface area contributed by atoms with Crippen molar-refractivity contribution in [2.45, 2.75) is 18.8 Å². The molecular formula is C18H16N4S. The fourth-order valence-electron chi connectivity index (χ4n) is 3.09. The van der Waals surface area contributed by atoms with Gasteiger partial charge in [-0.15, -0.1) is 11.3 Å². The summed E-state index contributed by atoms with van der Waals surface area (Å²) in [5, 5.41) is 10.1. The largest absolute Gasteiger partial charge is 0.356 e. The topological polar surface area (TPSA) is 52.8 Å². The van der Waals surface area contributed by atoms with E-state index in [-0.39, 0.29) is 0 Å². The highest BCUT2D eigenvalue weighted by atomic mass is 32.1. The predicted molar refractivity (Wildman–Crippen MR) is 92.8 cm³/mol. The number of hydrogen-bond acceptors (Lipinski definition) is 5. The van der Waals surface area contributed by atoms with E-state index in [1.54, 1.807) is 17.5 Å². The Kier molecular flexibility index (Phi) is 3.68. The van der Waals surface area contributed by atoms with Gasteiger partial charge in [0.2, 0.25) is 0 Å². The van der Waals surface area contributed by atoms with Crippen LogP contribution in [0.15, 0.2) is 42.6 Å². The van der Waals surface area contributed by atoms with Gasteiger partial charge in [0.25, 0.3) is 0 Å². The molecule has 114 valence electrons. The number of anilines is 1. The molecule has 1 aliphatic rings. The summed E-state index contributed by atoms with van der Waals surface area (Å²) in [7, 11) is 0. The number of nitriles is 1. The summed E-state index contributed by atoms with van der Waals surface area (Å²) < 4.78 is 1.26. The Hall–Kier alpha value is -2.45. The van der Waals surface area contributed by atoms with Crippen molar-refractivity contribution in [3.8, 4) is 6.07 Å². The second-order valence-corrected chi connectivity index (χ2v) is 6.88. The Morgan fingerprint density at radius 3 is 2.91 bits per heavy atom. The average molecular weight is 320 g/mol. The maximum Gasteiger partial charge on any atom is 0.128 e. The van der Waals surface area contributed by atoms with Crippen LogP contribution in [-0.4, -0.2) is 23.1 Å². The van der Waals surface area contributed by atoms with Crippen LogP contribution in [0, 0.1) is 11.3 Å². The van der Waals surface area contributed by atoms with Crippen molar-refractivity contribution in [2.75, 3.05) is 18.0 Å². The summed E-state index contributed by atoms with van der Waals surface area (Å²) in [6.07, 6.45) is 3.96. The van der Waals surface area contributed by atoms with E-state index in [0.717, 1.165) is 30.8 Å². The molecule has 23 heavy (non-hydrogen) atoms. The number of thiazole rings is 1. The van der Waals surface area contributed by atoms with Crippen LogP contribution < -0.4 is 4.90 Å². The summed E-state index contributed by atoms with van der Waals surface area (Å²) in [6.45, 7) is 1.96. The maximum atomic E-state index is 8.89. The van der Waals surface area contributed by atoms with E-state index in [9.17, 15) is 0 Å². The number of benzene rings is 1. The van der Waals surface area contributed by atoms with Gasteiger partial charge in [-0.1, -0.05) is 12.1 Å². The molecule has 1 fully saturated rings. The summed E-state index contributed by atoms with van der Waals surface area (Å²) in [5.74, 6) is 1.41. The lowest BCUT2D eigenvalue weighted by atomic mass is 9.98. The smallest absolute Gasteiger partial charge is 0.128 e. The highest BCUT2D eigenvalue weighted by Crippen LogP contribution is 2.34. The Morgan fingerprint density at radius 1 is 1.22 bits per heavy atom. The first-order valence-electron chi connectivity index (χ1n) is 7.80. The Bertz CT molecular complexity index is 830. The van der Waals surface area contributed by atoms with Crippen LogP contribution >= 0.6 is 11.3 Å². The molecule has 4 nitrogen and oxygen atoms in total. The Morgan fingerprint density at radius 2 is 2.13 bits per heavy atom. The average Bonchev–Trinajstić information content (AvgIpc) is 3.06. The molecule has 3 aromatic rings. The van der Waals surface area contributed by atoms with Crippen molar-refractivity contribution in [1.29, 1.82) is 5.26 Å². The van der Waals surface area contributed by atoms with E-state index in [4.69, 9.17) is 10.2 Å². The molecular weight excluding hydrogens is 304 g/mol. The van der Waals surface area contributed by atoms with Crippen molar-refractivity contribution in [2.24, 2.45) is 0 Å². The van der Waals surface area contributed by atoms with E-state index in [0.29, 0.717) is 11.5 Å². The number of hydrogen-bond donors (Lipinski definition) is 0. The first-order valence-corrected chi connectivity index (χ1v) is 8.62. The molecule has 4 rings (SSSR count). The van der Waals surface area contributed by atoms with Crippen LogP contribution in [-0.2, 0) is 0 Å². The highest BCUT2D eigenvalue weighted by molar-refractivity contribution is 7.18. The van der Waals surface area contributed by atoms with Gasteiger partial charge in [-0.25, -0.2) is 9.97 Å². The molecule has 5 heteroatoms. The molecule has 0 saturated carbocycles. The molecule has 1 aromatic carbocycles. The molecule has 0 spiro atoms. The van der Waals surface area contributed by atoms with Gasteiger partial charge >= 0.3 is 0 Å². The van der Waals surface area contributed by atoms with Crippen molar-refractivity contribution >= 4 is 27.4 Å². The van der Waals surface area contributed by atoms with E-state index in [1.165, 1.54) is 16.1 Å². The fourth-order valence-corrected chi connectivity index (χ4v) is 4.18. The standard InChI is InChI=1S/C18H16N4S/c19-10-13-7-8-17(20-11-13)22-9-3-4-14(12-22)18-21-15-5-1-2-6-16(15)23-18/h1-2,5-8,11,14H,3-4,9,12H2/t14-/m0/s1. The zero-order chi connectivity index (χ0) is 15.6. The van der Waals surface area contributed by atoms with Gasteiger partial charge in [0.15, 0.2) is 0 Å². The van der Waals surface area contributed by atoms with E-state index >= 15 is 0 Å². The number of rotatable bonds is 2. The normalized spacial score (nSPS) is 18.0. The van der Waals surface area contributed by atoms with Crippen LogP contribution in [0.25, 0.3) is 10.2 Å². The molecule has 0 unspecified atom stereocenters. The van der Waals surface area contributed by atoms with Gasteiger partial charge in [-0.2, -0.15) is 5.26 Å². The number of pyridine rings is 1. The molecule has 2 aromatic heterocycles. The van der Waals surface area contributed by atoms with E-state index < -0.39 is 0 Å². The number of piperidine rings is 1. The van der Waals surface area contributed by atoms with Crippen molar-refractivity contribution in [1.82, 2.24) is 9.97 Å². The molecule has 1 saturated heterocycles. The lowest BCUT2D eigenvalue weighted by Crippen LogP contribution is -2.34. The highest BCUT2D eigenvalue weighted by Gasteiger charge is 2.24. The molecule has 1 atom stereocenters. The third-order valence-corrected chi connectivity index (χ3v) is 5.48. The minimum absolute atomic E-state index is 0.457. The molecule has 0 bridgehead atoms. The van der Waals surface area contributed by atoms with Gasteiger partial charge in [0.05, 0.1) is 20.8 Å². The van der Waals surface area contributed by atoms with Crippen LogP contribution in [0.2, 0.25) is 0 Å². The molecule has 0 aliphatic carbocycles. The van der Waals surface area contributed by atoms with Gasteiger partial charge in [-0.3, -0.25) is 0 Å².